The Morgan fingerprint density at radius 1 is 1.00 bits per heavy atom. The molecule has 0 radical (unpaired) electrons. The Kier molecular flexibility index (Phi) is 5.97. The average Bonchev–Trinajstić information content (AvgIpc) is 2.78. The van der Waals surface area contributed by atoms with Crippen molar-refractivity contribution >= 4 is 16.9 Å². The van der Waals surface area contributed by atoms with Crippen LogP contribution in [0.2, 0.25) is 0 Å². The van der Waals surface area contributed by atoms with Gasteiger partial charge in [-0.3, -0.25) is 14.5 Å². The van der Waals surface area contributed by atoms with E-state index in [0.29, 0.717) is 31.8 Å². The summed E-state index contributed by atoms with van der Waals surface area (Å²) in [6.07, 6.45) is 0. The topological polar surface area (TPSA) is 76.5 Å². The number of nitrogens with one attached hydrogen (secondary N) is 1. The number of morpholine rings is 1. The van der Waals surface area contributed by atoms with Crippen LogP contribution in [0.25, 0.3) is 11.0 Å². The van der Waals surface area contributed by atoms with E-state index in [-0.39, 0.29) is 11.3 Å². The van der Waals surface area contributed by atoms with E-state index in [1.54, 1.807) is 4.57 Å². The Morgan fingerprint density at radius 2 is 1.72 bits per heavy atom. The molecule has 1 saturated heterocycles. The third-order valence-corrected chi connectivity index (χ3v) is 5.11. The number of para-hydroxylation sites is 2. The number of amides is 1. The fraction of sp³-hybridized carbons (Fsp3) is 0.318. The minimum atomic E-state index is -0.454. The fourth-order valence-corrected chi connectivity index (χ4v) is 3.49. The standard InChI is InChI=1S/C22H24N4O3/c27-21(23-16-17-6-2-1-3-7-17)20-22(28)26(11-10-25-12-14-29-15-13-25)19-9-5-4-8-18(19)24-20/h1-9H,10-16H2,(H,23,27). The van der Waals surface area contributed by atoms with Gasteiger partial charge in [-0.05, 0) is 17.7 Å². The highest BCUT2D eigenvalue weighted by Gasteiger charge is 2.18. The molecule has 0 atom stereocenters. The minimum Gasteiger partial charge on any atom is -0.379 e. The van der Waals surface area contributed by atoms with E-state index < -0.39 is 5.91 Å². The highest BCUT2D eigenvalue weighted by molar-refractivity contribution is 5.93. The summed E-state index contributed by atoms with van der Waals surface area (Å²) >= 11 is 0. The summed E-state index contributed by atoms with van der Waals surface area (Å²) in [4.78, 5) is 32.5. The number of carbonyl (C=O) groups is 1. The summed E-state index contributed by atoms with van der Waals surface area (Å²) in [6.45, 7) is 4.69. The summed E-state index contributed by atoms with van der Waals surface area (Å²) in [7, 11) is 0. The average molecular weight is 392 g/mol. The number of ether oxygens (including phenoxy) is 1. The van der Waals surface area contributed by atoms with E-state index in [2.05, 4.69) is 15.2 Å². The number of carbonyl (C=O) groups excluding carboxylic acids is 1. The number of fused-ring (bicyclic) bond motifs is 1. The van der Waals surface area contributed by atoms with Crippen molar-refractivity contribution < 1.29 is 9.53 Å². The maximum atomic E-state index is 13.1. The smallest absolute Gasteiger partial charge is 0.282 e. The molecule has 1 N–H and O–H groups in total. The minimum absolute atomic E-state index is 0.0680. The second-order valence-corrected chi connectivity index (χ2v) is 7.03. The molecule has 0 spiro atoms. The van der Waals surface area contributed by atoms with E-state index in [0.717, 1.165) is 30.7 Å². The van der Waals surface area contributed by atoms with Crippen molar-refractivity contribution in [3.05, 3.63) is 76.2 Å². The maximum absolute atomic E-state index is 13.1. The molecule has 1 amide bonds. The molecule has 2 heterocycles. The van der Waals surface area contributed by atoms with Crippen LogP contribution in [-0.2, 0) is 17.8 Å². The van der Waals surface area contributed by atoms with E-state index >= 15 is 0 Å². The zero-order valence-corrected chi connectivity index (χ0v) is 16.2. The molecule has 7 heteroatoms. The first-order chi connectivity index (χ1) is 14.2. The first kappa shape index (κ1) is 19.3. The lowest BCUT2D eigenvalue weighted by atomic mass is 10.2. The predicted molar refractivity (Wildman–Crippen MR) is 111 cm³/mol. The molecule has 0 bridgehead atoms. The Hall–Kier alpha value is -3.03. The van der Waals surface area contributed by atoms with E-state index in [1.165, 1.54) is 0 Å². The Morgan fingerprint density at radius 3 is 2.52 bits per heavy atom. The van der Waals surface area contributed by atoms with Gasteiger partial charge in [0.15, 0.2) is 5.69 Å². The van der Waals surface area contributed by atoms with Crippen LogP contribution in [0.15, 0.2) is 59.4 Å². The van der Waals surface area contributed by atoms with Gasteiger partial charge in [0.2, 0.25) is 0 Å². The van der Waals surface area contributed by atoms with E-state index in [1.807, 2.05) is 54.6 Å². The molecule has 150 valence electrons. The first-order valence-electron chi connectivity index (χ1n) is 9.84. The molecule has 2 aromatic carbocycles. The van der Waals surface area contributed by atoms with Gasteiger partial charge in [0.25, 0.3) is 11.5 Å². The van der Waals surface area contributed by atoms with E-state index in [4.69, 9.17) is 4.74 Å². The second kappa shape index (κ2) is 8.98. The lowest BCUT2D eigenvalue weighted by Crippen LogP contribution is -2.40. The normalized spacial score (nSPS) is 14.8. The molecule has 1 aromatic heterocycles. The number of rotatable bonds is 6. The van der Waals surface area contributed by atoms with Crippen LogP contribution in [-0.4, -0.2) is 53.2 Å². The third kappa shape index (κ3) is 4.52. The van der Waals surface area contributed by atoms with Crippen molar-refractivity contribution in [2.45, 2.75) is 13.1 Å². The monoisotopic (exact) mass is 392 g/mol. The fourth-order valence-electron chi connectivity index (χ4n) is 3.49. The van der Waals surface area contributed by atoms with E-state index in [9.17, 15) is 9.59 Å². The molecule has 4 rings (SSSR count). The van der Waals surface area contributed by atoms with Crippen LogP contribution < -0.4 is 10.9 Å². The predicted octanol–water partition coefficient (Wildman–Crippen LogP) is 1.66. The lowest BCUT2D eigenvalue weighted by molar-refractivity contribution is 0.0364. The van der Waals surface area contributed by atoms with Gasteiger partial charge in [0, 0.05) is 32.7 Å². The molecule has 1 aliphatic rings. The summed E-state index contributed by atoms with van der Waals surface area (Å²) in [5.41, 5.74) is 1.92. The van der Waals surface area contributed by atoms with Crippen LogP contribution in [0.1, 0.15) is 16.1 Å². The SMILES string of the molecule is O=C(NCc1ccccc1)c1nc2ccccc2n(CCN2CCOCC2)c1=O. The van der Waals surface area contributed by atoms with Gasteiger partial charge < -0.3 is 14.6 Å². The van der Waals surface area contributed by atoms with Crippen molar-refractivity contribution in [1.82, 2.24) is 19.8 Å². The van der Waals surface area contributed by atoms with Crippen molar-refractivity contribution in [3.8, 4) is 0 Å². The zero-order chi connectivity index (χ0) is 20.1. The molecule has 0 saturated carbocycles. The molecule has 3 aromatic rings. The van der Waals surface area contributed by atoms with Gasteiger partial charge in [-0.2, -0.15) is 0 Å². The molecular weight excluding hydrogens is 368 g/mol. The highest BCUT2D eigenvalue weighted by Crippen LogP contribution is 2.11. The summed E-state index contributed by atoms with van der Waals surface area (Å²) in [5, 5.41) is 2.81. The van der Waals surface area contributed by atoms with Crippen LogP contribution in [0.3, 0.4) is 0 Å². The molecule has 29 heavy (non-hydrogen) atoms. The van der Waals surface area contributed by atoms with Gasteiger partial charge in [-0.25, -0.2) is 4.98 Å². The molecule has 0 aliphatic carbocycles. The molecule has 1 fully saturated rings. The molecule has 0 unspecified atom stereocenters. The van der Waals surface area contributed by atoms with Crippen LogP contribution >= 0.6 is 0 Å². The molecule has 1 aliphatic heterocycles. The summed E-state index contributed by atoms with van der Waals surface area (Å²) in [6, 6.07) is 17.0. The van der Waals surface area contributed by atoms with Gasteiger partial charge in [-0.15, -0.1) is 0 Å². The van der Waals surface area contributed by atoms with Gasteiger partial charge in [0.05, 0.1) is 24.2 Å². The Labute approximate surface area is 168 Å². The van der Waals surface area contributed by atoms with Crippen molar-refractivity contribution in [2.75, 3.05) is 32.8 Å². The molecule has 7 nitrogen and oxygen atoms in total. The van der Waals surface area contributed by atoms with Gasteiger partial charge in [0.1, 0.15) is 0 Å². The lowest BCUT2D eigenvalue weighted by Gasteiger charge is -2.27. The summed E-state index contributed by atoms with van der Waals surface area (Å²) in [5.74, 6) is -0.454. The number of benzene rings is 2. The quantitative estimate of drug-likeness (QED) is 0.690. The first-order valence-corrected chi connectivity index (χ1v) is 9.84. The Bertz CT molecular complexity index is 1040. The number of aromatic nitrogens is 2. The van der Waals surface area contributed by atoms with Crippen molar-refractivity contribution in [2.24, 2.45) is 0 Å². The van der Waals surface area contributed by atoms with Gasteiger partial charge in [-0.1, -0.05) is 42.5 Å². The van der Waals surface area contributed by atoms with Crippen molar-refractivity contribution in [3.63, 3.8) is 0 Å². The number of nitrogens with zero attached hydrogens (tertiary/aromatic N) is 3. The van der Waals surface area contributed by atoms with Crippen LogP contribution in [0.5, 0.6) is 0 Å². The highest BCUT2D eigenvalue weighted by atomic mass is 16.5. The van der Waals surface area contributed by atoms with Crippen LogP contribution in [0, 0.1) is 0 Å². The van der Waals surface area contributed by atoms with Crippen molar-refractivity contribution in [1.29, 1.82) is 0 Å². The maximum Gasteiger partial charge on any atom is 0.282 e. The Balaban J connectivity index is 1.59. The third-order valence-electron chi connectivity index (χ3n) is 5.11. The number of hydrogen-bond acceptors (Lipinski definition) is 5. The largest absolute Gasteiger partial charge is 0.379 e. The second-order valence-electron chi connectivity index (χ2n) is 7.03. The zero-order valence-electron chi connectivity index (χ0n) is 16.2. The van der Waals surface area contributed by atoms with Gasteiger partial charge >= 0.3 is 0 Å². The summed E-state index contributed by atoms with van der Waals surface area (Å²) < 4.78 is 7.05. The molecular formula is C22H24N4O3. The number of hydrogen-bond donors (Lipinski definition) is 1. The van der Waals surface area contributed by atoms with Crippen LogP contribution in [0.4, 0.5) is 0 Å².